The second-order valence-corrected chi connectivity index (χ2v) is 9.31. The van der Waals surface area contributed by atoms with E-state index in [2.05, 4.69) is 140 Å². The van der Waals surface area contributed by atoms with Crippen molar-refractivity contribution in [1.29, 1.82) is 0 Å². The summed E-state index contributed by atoms with van der Waals surface area (Å²) in [4.78, 5) is 0. The number of benzene rings is 6. The third-order valence-corrected chi connectivity index (χ3v) is 7.32. The minimum atomic E-state index is 0.212. The topological polar surface area (TPSA) is 0 Å². The maximum atomic E-state index is 2.47. The summed E-state index contributed by atoms with van der Waals surface area (Å²) in [6, 6.07) is 46.2. The van der Waals surface area contributed by atoms with Gasteiger partial charge in [0.15, 0.2) is 0 Å². The van der Waals surface area contributed by atoms with E-state index in [9.17, 15) is 0 Å². The molecule has 0 spiro atoms. The first-order chi connectivity index (χ1) is 17.4. The molecule has 0 N–H and O–H groups in total. The van der Waals surface area contributed by atoms with Crippen LogP contribution in [0.2, 0.25) is 0 Å². The van der Waals surface area contributed by atoms with Gasteiger partial charge in [0.05, 0.1) is 0 Å². The number of hydrogen-bond acceptors (Lipinski definition) is 0. The van der Waals surface area contributed by atoms with Crippen LogP contribution >= 0.6 is 0 Å². The van der Waals surface area contributed by atoms with Crippen LogP contribution in [0.5, 0.6) is 0 Å². The van der Waals surface area contributed by atoms with E-state index in [1.165, 1.54) is 60.2 Å². The molecule has 7 rings (SSSR count). The number of allylic oxidation sites excluding steroid dienone is 4. The molecule has 0 bridgehead atoms. The van der Waals surface area contributed by atoms with E-state index in [-0.39, 0.29) is 5.92 Å². The normalized spacial score (nSPS) is 13.9. The van der Waals surface area contributed by atoms with Gasteiger partial charge in [0.25, 0.3) is 0 Å². The van der Waals surface area contributed by atoms with Gasteiger partial charge in [-0.2, -0.15) is 0 Å². The molecule has 1 aliphatic rings. The fourth-order valence-electron chi connectivity index (χ4n) is 5.70. The molecule has 0 saturated carbocycles. The Bertz CT molecular complexity index is 1690. The van der Waals surface area contributed by atoms with Crippen LogP contribution in [0.15, 0.2) is 140 Å². The molecule has 1 aliphatic carbocycles. The van der Waals surface area contributed by atoms with Crippen molar-refractivity contribution in [3.8, 4) is 0 Å². The maximum absolute atomic E-state index is 2.47. The lowest BCUT2D eigenvalue weighted by Crippen LogP contribution is -1.91. The van der Waals surface area contributed by atoms with Gasteiger partial charge in [-0.1, -0.05) is 140 Å². The fourth-order valence-corrected chi connectivity index (χ4v) is 5.70. The highest BCUT2D eigenvalue weighted by Crippen LogP contribution is 2.46. The average molecular weight is 445 g/mol. The van der Waals surface area contributed by atoms with Crippen molar-refractivity contribution >= 4 is 43.5 Å². The van der Waals surface area contributed by atoms with Crippen LogP contribution in [0.4, 0.5) is 0 Å². The van der Waals surface area contributed by atoms with Gasteiger partial charge in [0.2, 0.25) is 0 Å². The van der Waals surface area contributed by atoms with Crippen molar-refractivity contribution in [2.24, 2.45) is 0 Å². The smallest absolute Gasteiger partial charge is 0.0223 e. The minimum absolute atomic E-state index is 0.212. The van der Waals surface area contributed by atoms with Gasteiger partial charge in [-0.3, -0.25) is 0 Å². The Balaban J connectivity index is 1.51. The first kappa shape index (κ1) is 20.0. The number of fused-ring (bicyclic) bond motifs is 3. The third-order valence-electron chi connectivity index (χ3n) is 7.32. The zero-order valence-corrected chi connectivity index (χ0v) is 19.4. The van der Waals surface area contributed by atoms with Crippen LogP contribution in [0.25, 0.3) is 43.5 Å². The molecular formula is C35H24. The molecular weight excluding hydrogens is 420 g/mol. The van der Waals surface area contributed by atoms with Crippen molar-refractivity contribution in [2.45, 2.75) is 5.92 Å². The lowest BCUT2D eigenvalue weighted by Gasteiger charge is -2.14. The zero-order valence-electron chi connectivity index (χ0n) is 19.4. The standard InChI is InChI=1S/C35H24/c1-4-16-28-24(10-1)13-7-19-31(28)27-22-34(32-20-8-14-25-11-2-5-17-29(25)32)35(23-27)33-21-9-15-26-12-3-6-18-30(26)33/h1-23,27H. The van der Waals surface area contributed by atoms with Crippen LogP contribution in [-0.4, -0.2) is 0 Å². The van der Waals surface area contributed by atoms with Crippen molar-refractivity contribution in [2.75, 3.05) is 0 Å². The average Bonchev–Trinajstić information content (AvgIpc) is 3.37. The molecule has 0 heteroatoms. The summed E-state index contributed by atoms with van der Waals surface area (Å²) in [5.41, 5.74) is 6.58. The molecule has 0 heterocycles. The summed E-state index contributed by atoms with van der Waals surface area (Å²) >= 11 is 0. The minimum Gasteiger partial charge on any atom is -0.0647 e. The second kappa shape index (κ2) is 8.11. The molecule has 0 saturated heterocycles. The molecule has 0 atom stereocenters. The van der Waals surface area contributed by atoms with Gasteiger partial charge < -0.3 is 0 Å². The maximum Gasteiger partial charge on any atom is 0.0223 e. The van der Waals surface area contributed by atoms with E-state index in [4.69, 9.17) is 0 Å². The van der Waals surface area contributed by atoms with Crippen LogP contribution in [0, 0.1) is 0 Å². The number of hydrogen-bond donors (Lipinski definition) is 0. The Labute approximate surface area is 205 Å². The number of rotatable bonds is 3. The molecule has 0 aliphatic heterocycles. The van der Waals surface area contributed by atoms with Gasteiger partial charge in [-0.05, 0) is 60.2 Å². The summed E-state index contributed by atoms with van der Waals surface area (Å²) in [6.07, 6.45) is 4.95. The molecule has 164 valence electrons. The largest absolute Gasteiger partial charge is 0.0647 e. The van der Waals surface area contributed by atoms with E-state index < -0.39 is 0 Å². The highest BCUT2D eigenvalue weighted by Gasteiger charge is 2.24. The van der Waals surface area contributed by atoms with E-state index >= 15 is 0 Å². The Morgan fingerprint density at radius 1 is 0.343 bits per heavy atom. The molecule has 0 radical (unpaired) electrons. The SMILES string of the molecule is C1=C(c2cccc3ccccc23)C(c2cccc3ccccc23)=CC1c1cccc2ccccc12. The summed E-state index contributed by atoms with van der Waals surface area (Å²) in [5.74, 6) is 0.212. The molecule has 6 aromatic rings. The van der Waals surface area contributed by atoms with Gasteiger partial charge >= 0.3 is 0 Å². The molecule has 0 nitrogen and oxygen atoms in total. The van der Waals surface area contributed by atoms with Gasteiger partial charge in [0.1, 0.15) is 0 Å². The van der Waals surface area contributed by atoms with E-state index in [0.29, 0.717) is 0 Å². The van der Waals surface area contributed by atoms with Crippen molar-refractivity contribution in [3.05, 3.63) is 156 Å². The molecule has 0 aromatic heterocycles. The third kappa shape index (κ3) is 3.30. The monoisotopic (exact) mass is 444 g/mol. The molecule has 0 amide bonds. The van der Waals surface area contributed by atoms with Crippen LogP contribution < -0.4 is 0 Å². The summed E-state index contributed by atoms with van der Waals surface area (Å²) in [7, 11) is 0. The molecule has 0 fully saturated rings. The van der Waals surface area contributed by atoms with Crippen LogP contribution in [0.1, 0.15) is 22.6 Å². The fraction of sp³-hybridized carbons (Fsp3) is 0.0286. The Hall–Kier alpha value is -4.42. The highest BCUT2D eigenvalue weighted by atomic mass is 14.3. The first-order valence-electron chi connectivity index (χ1n) is 12.2. The Kier molecular flexibility index (Phi) is 4.63. The quantitative estimate of drug-likeness (QED) is 0.255. The highest BCUT2D eigenvalue weighted by molar-refractivity contribution is 6.16. The summed E-state index contributed by atoms with van der Waals surface area (Å²) < 4.78 is 0. The predicted octanol–water partition coefficient (Wildman–Crippen LogP) is 9.41. The summed E-state index contributed by atoms with van der Waals surface area (Å²) in [5, 5.41) is 7.76. The van der Waals surface area contributed by atoms with E-state index in [1.807, 2.05) is 0 Å². The van der Waals surface area contributed by atoms with E-state index in [0.717, 1.165) is 0 Å². The van der Waals surface area contributed by atoms with Crippen LogP contribution in [0.3, 0.4) is 0 Å². The van der Waals surface area contributed by atoms with Gasteiger partial charge in [-0.25, -0.2) is 0 Å². The molecule has 0 unspecified atom stereocenters. The Morgan fingerprint density at radius 2 is 0.743 bits per heavy atom. The van der Waals surface area contributed by atoms with Crippen molar-refractivity contribution in [3.63, 3.8) is 0 Å². The molecule has 6 aromatic carbocycles. The lowest BCUT2D eigenvalue weighted by atomic mass is 9.89. The predicted molar refractivity (Wildman–Crippen MR) is 151 cm³/mol. The summed E-state index contributed by atoms with van der Waals surface area (Å²) in [6.45, 7) is 0. The molecule has 35 heavy (non-hydrogen) atoms. The van der Waals surface area contributed by atoms with Crippen molar-refractivity contribution < 1.29 is 0 Å². The van der Waals surface area contributed by atoms with Crippen molar-refractivity contribution in [1.82, 2.24) is 0 Å². The van der Waals surface area contributed by atoms with Crippen LogP contribution in [-0.2, 0) is 0 Å². The Morgan fingerprint density at radius 3 is 1.29 bits per heavy atom. The lowest BCUT2D eigenvalue weighted by molar-refractivity contribution is 1.13. The van der Waals surface area contributed by atoms with E-state index in [1.54, 1.807) is 0 Å². The van der Waals surface area contributed by atoms with Gasteiger partial charge in [-0.15, -0.1) is 0 Å². The zero-order chi connectivity index (χ0) is 23.2. The van der Waals surface area contributed by atoms with Gasteiger partial charge in [0, 0.05) is 5.92 Å². The second-order valence-electron chi connectivity index (χ2n) is 9.31. The first-order valence-corrected chi connectivity index (χ1v) is 12.2.